The monoisotopic (exact) mass is 334 g/mol. The average Bonchev–Trinajstić information content (AvgIpc) is 3.22. The van der Waals surface area contributed by atoms with E-state index in [4.69, 9.17) is 0 Å². The van der Waals surface area contributed by atoms with E-state index in [0.29, 0.717) is 6.54 Å². The minimum Gasteiger partial charge on any atom is -0.385 e. The van der Waals surface area contributed by atoms with Crippen LogP contribution >= 0.6 is 0 Å². The van der Waals surface area contributed by atoms with Gasteiger partial charge in [-0.05, 0) is 36.8 Å². The van der Waals surface area contributed by atoms with E-state index >= 15 is 0 Å². The standard InChI is InChI=1S/C15H22N6O3/c1-18-9-5-16-15(18)14(22)12-2-6-19(7-3-12)10-11-20-8-4-13(17-20)21(23)24/h4-5,8-9,12,14,22H,2-3,6-7,10-11H2,1H3. The maximum Gasteiger partial charge on any atom is 0.389 e. The van der Waals surface area contributed by atoms with E-state index in [2.05, 4.69) is 15.0 Å². The summed E-state index contributed by atoms with van der Waals surface area (Å²) in [5.41, 5.74) is 0. The highest BCUT2D eigenvalue weighted by Crippen LogP contribution is 2.29. The maximum absolute atomic E-state index is 10.6. The Hall–Kier alpha value is -2.26. The molecular formula is C15H22N6O3. The van der Waals surface area contributed by atoms with Crippen LogP contribution in [0.2, 0.25) is 0 Å². The minimum atomic E-state index is -0.527. The number of piperidine rings is 1. The lowest BCUT2D eigenvalue weighted by Gasteiger charge is -2.33. The van der Waals surface area contributed by atoms with Crippen molar-refractivity contribution >= 4 is 5.82 Å². The van der Waals surface area contributed by atoms with Crippen LogP contribution in [0.15, 0.2) is 24.7 Å². The van der Waals surface area contributed by atoms with Crippen LogP contribution in [0.25, 0.3) is 0 Å². The molecule has 24 heavy (non-hydrogen) atoms. The van der Waals surface area contributed by atoms with Gasteiger partial charge < -0.3 is 24.7 Å². The molecule has 130 valence electrons. The van der Waals surface area contributed by atoms with Gasteiger partial charge in [-0.15, -0.1) is 0 Å². The summed E-state index contributed by atoms with van der Waals surface area (Å²) in [6.45, 7) is 3.22. The zero-order valence-corrected chi connectivity index (χ0v) is 13.7. The Morgan fingerprint density at radius 1 is 1.38 bits per heavy atom. The van der Waals surface area contributed by atoms with Crippen LogP contribution < -0.4 is 0 Å². The Labute approximate surface area is 139 Å². The summed E-state index contributed by atoms with van der Waals surface area (Å²) in [6, 6.07) is 1.41. The number of hydrogen-bond acceptors (Lipinski definition) is 6. The van der Waals surface area contributed by atoms with Crippen molar-refractivity contribution in [2.75, 3.05) is 19.6 Å². The molecule has 1 saturated heterocycles. The summed E-state index contributed by atoms with van der Waals surface area (Å²) >= 11 is 0. The molecule has 1 unspecified atom stereocenters. The molecule has 2 aromatic rings. The van der Waals surface area contributed by atoms with Gasteiger partial charge in [-0.3, -0.25) is 0 Å². The van der Waals surface area contributed by atoms with E-state index in [1.807, 2.05) is 17.8 Å². The molecule has 9 heteroatoms. The Kier molecular flexibility index (Phi) is 4.91. The molecule has 3 heterocycles. The fourth-order valence-corrected chi connectivity index (χ4v) is 3.18. The quantitative estimate of drug-likeness (QED) is 0.624. The maximum atomic E-state index is 10.6. The van der Waals surface area contributed by atoms with Crippen molar-refractivity contribution in [2.45, 2.75) is 25.5 Å². The fourth-order valence-electron chi connectivity index (χ4n) is 3.18. The van der Waals surface area contributed by atoms with Gasteiger partial charge in [-0.1, -0.05) is 0 Å². The molecular weight excluding hydrogens is 312 g/mol. The van der Waals surface area contributed by atoms with Crippen LogP contribution in [-0.2, 0) is 13.6 Å². The first-order valence-electron chi connectivity index (χ1n) is 8.10. The highest BCUT2D eigenvalue weighted by molar-refractivity contribution is 5.13. The van der Waals surface area contributed by atoms with Crippen molar-refractivity contribution < 1.29 is 10.0 Å². The van der Waals surface area contributed by atoms with Crippen LogP contribution in [0.3, 0.4) is 0 Å². The molecule has 1 aliphatic heterocycles. The molecule has 1 atom stereocenters. The zero-order valence-electron chi connectivity index (χ0n) is 13.7. The van der Waals surface area contributed by atoms with Gasteiger partial charge in [0.15, 0.2) is 0 Å². The molecule has 0 bridgehead atoms. The van der Waals surface area contributed by atoms with Crippen molar-refractivity contribution in [3.63, 3.8) is 0 Å². The van der Waals surface area contributed by atoms with Crippen molar-refractivity contribution in [3.8, 4) is 0 Å². The third kappa shape index (κ3) is 3.62. The number of imidazole rings is 1. The Morgan fingerprint density at radius 2 is 2.12 bits per heavy atom. The Balaban J connectivity index is 1.46. The smallest absolute Gasteiger partial charge is 0.385 e. The topological polar surface area (TPSA) is 102 Å². The van der Waals surface area contributed by atoms with E-state index in [9.17, 15) is 15.2 Å². The van der Waals surface area contributed by atoms with Gasteiger partial charge in [0.2, 0.25) is 0 Å². The molecule has 0 spiro atoms. The van der Waals surface area contributed by atoms with Crippen LogP contribution in [0.1, 0.15) is 24.8 Å². The summed E-state index contributed by atoms with van der Waals surface area (Å²) in [5, 5.41) is 25.0. The molecule has 2 aromatic heterocycles. The molecule has 1 fully saturated rings. The molecule has 9 nitrogen and oxygen atoms in total. The van der Waals surface area contributed by atoms with Crippen molar-refractivity contribution in [1.82, 2.24) is 24.2 Å². The largest absolute Gasteiger partial charge is 0.389 e. The lowest BCUT2D eigenvalue weighted by atomic mass is 9.91. The molecule has 0 amide bonds. The van der Waals surface area contributed by atoms with Crippen LogP contribution in [0.5, 0.6) is 0 Å². The average molecular weight is 334 g/mol. The number of aliphatic hydroxyl groups excluding tert-OH is 1. The zero-order chi connectivity index (χ0) is 17.1. The first-order valence-corrected chi connectivity index (χ1v) is 8.10. The number of aryl methyl sites for hydroxylation is 1. The first-order chi connectivity index (χ1) is 11.5. The third-order valence-corrected chi connectivity index (χ3v) is 4.66. The second-order valence-electron chi connectivity index (χ2n) is 6.21. The van der Waals surface area contributed by atoms with Crippen LogP contribution in [0, 0.1) is 16.0 Å². The van der Waals surface area contributed by atoms with Crippen LogP contribution in [0.4, 0.5) is 5.82 Å². The van der Waals surface area contributed by atoms with Crippen molar-refractivity contribution in [1.29, 1.82) is 0 Å². The number of hydrogen-bond donors (Lipinski definition) is 1. The van der Waals surface area contributed by atoms with E-state index < -0.39 is 11.0 Å². The predicted molar refractivity (Wildman–Crippen MR) is 86.2 cm³/mol. The number of nitrogens with zero attached hydrogens (tertiary/aromatic N) is 6. The lowest BCUT2D eigenvalue weighted by molar-refractivity contribution is -0.389. The number of aromatic nitrogens is 4. The van der Waals surface area contributed by atoms with Gasteiger partial charge >= 0.3 is 5.82 Å². The number of aliphatic hydroxyl groups is 1. The normalized spacial score (nSPS) is 17.9. The highest BCUT2D eigenvalue weighted by atomic mass is 16.6. The molecule has 1 aliphatic rings. The van der Waals surface area contributed by atoms with E-state index in [1.165, 1.54) is 6.07 Å². The summed E-state index contributed by atoms with van der Waals surface area (Å²) in [7, 11) is 1.89. The summed E-state index contributed by atoms with van der Waals surface area (Å²) in [5.74, 6) is 0.817. The second-order valence-corrected chi connectivity index (χ2v) is 6.21. The second kappa shape index (κ2) is 7.10. The molecule has 0 aliphatic carbocycles. The third-order valence-electron chi connectivity index (χ3n) is 4.66. The van der Waals surface area contributed by atoms with Gasteiger partial charge in [0.25, 0.3) is 0 Å². The van der Waals surface area contributed by atoms with E-state index in [1.54, 1.807) is 17.1 Å². The molecule has 0 saturated carbocycles. The summed E-state index contributed by atoms with van der Waals surface area (Å²) in [4.78, 5) is 16.7. The molecule has 0 aromatic carbocycles. The van der Waals surface area contributed by atoms with Crippen molar-refractivity contribution in [3.05, 3.63) is 40.6 Å². The van der Waals surface area contributed by atoms with Gasteiger partial charge in [-0.2, -0.15) is 4.68 Å². The van der Waals surface area contributed by atoms with E-state index in [-0.39, 0.29) is 11.7 Å². The van der Waals surface area contributed by atoms with Crippen LogP contribution in [-0.4, -0.2) is 53.9 Å². The molecule has 3 rings (SSSR count). The summed E-state index contributed by atoms with van der Waals surface area (Å²) < 4.78 is 3.47. The Bertz CT molecular complexity index is 689. The number of rotatable bonds is 6. The van der Waals surface area contributed by atoms with Gasteiger partial charge in [0.05, 0.1) is 23.9 Å². The molecule has 1 N–H and O–H groups in total. The minimum absolute atomic E-state index is 0.119. The molecule has 0 radical (unpaired) electrons. The summed E-state index contributed by atoms with van der Waals surface area (Å²) in [6.07, 6.45) is 6.48. The lowest BCUT2D eigenvalue weighted by Crippen LogP contribution is -2.37. The van der Waals surface area contributed by atoms with Gasteiger partial charge in [0.1, 0.15) is 11.9 Å². The van der Waals surface area contributed by atoms with Gasteiger partial charge in [-0.25, -0.2) is 4.98 Å². The predicted octanol–water partition coefficient (Wildman–Crippen LogP) is 0.970. The van der Waals surface area contributed by atoms with E-state index in [0.717, 1.165) is 38.3 Å². The first kappa shape index (κ1) is 16.6. The number of likely N-dealkylation sites (tertiary alicyclic amines) is 1. The van der Waals surface area contributed by atoms with Crippen molar-refractivity contribution in [2.24, 2.45) is 13.0 Å². The highest BCUT2D eigenvalue weighted by Gasteiger charge is 2.28. The SMILES string of the molecule is Cn1ccnc1C(O)C1CCN(CCn2ccc([N+](=O)[O-])n2)CC1. The Morgan fingerprint density at radius 3 is 2.71 bits per heavy atom. The van der Waals surface area contributed by atoms with Gasteiger partial charge in [0, 0.05) is 26.0 Å². The fraction of sp³-hybridized carbons (Fsp3) is 0.600. The number of nitro groups is 1.